The molecule has 136 valence electrons. The van der Waals surface area contributed by atoms with Crippen molar-refractivity contribution >= 4 is 16.5 Å². The van der Waals surface area contributed by atoms with Gasteiger partial charge in [0, 0.05) is 16.9 Å². The van der Waals surface area contributed by atoms with Gasteiger partial charge in [-0.1, -0.05) is 30.3 Å². The molecule has 0 aromatic heterocycles. The van der Waals surface area contributed by atoms with Gasteiger partial charge in [-0.15, -0.1) is 0 Å². The normalized spacial score (nSPS) is 15.4. The maximum Gasteiger partial charge on any atom is 0.124 e. The first-order valence-electron chi connectivity index (χ1n) is 9.07. The van der Waals surface area contributed by atoms with E-state index in [1.807, 2.05) is 25.1 Å². The number of nitrogens with zero attached hydrogens (tertiary/aromatic N) is 2. The molecule has 3 aromatic carbocycles. The average Bonchev–Trinajstić information content (AvgIpc) is 2.72. The summed E-state index contributed by atoms with van der Waals surface area (Å²) in [5.74, 6) is 0.344. The van der Waals surface area contributed by atoms with Gasteiger partial charge in [0.15, 0.2) is 0 Å². The van der Waals surface area contributed by atoms with Crippen molar-refractivity contribution in [2.45, 2.75) is 19.8 Å². The summed E-state index contributed by atoms with van der Waals surface area (Å²) in [6.07, 6.45) is 0. The summed E-state index contributed by atoms with van der Waals surface area (Å²) in [6, 6.07) is 20.4. The molecular formula is C24H19N3O. The van der Waals surface area contributed by atoms with Crippen LogP contribution >= 0.6 is 0 Å². The smallest absolute Gasteiger partial charge is 0.124 e. The van der Waals surface area contributed by atoms with E-state index in [0.29, 0.717) is 16.9 Å². The Balaban J connectivity index is 2.11. The Morgan fingerprint density at radius 1 is 1.00 bits per heavy atom. The third-order valence-electron chi connectivity index (χ3n) is 5.37. The number of nitriles is 2. The second-order valence-electron chi connectivity index (χ2n) is 6.98. The fourth-order valence-corrected chi connectivity index (χ4v) is 4.08. The van der Waals surface area contributed by atoms with E-state index in [9.17, 15) is 10.5 Å². The maximum absolute atomic E-state index is 9.98. The number of anilines is 1. The van der Waals surface area contributed by atoms with E-state index in [1.165, 1.54) is 0 Å². The fraction of sp³-hybridized carbons (Fsp3) is 0.167. The highest BCUT2D eigenvalue weighted by Crippen LogP contribution is 2.48. The summed E-state index contributed by atoms with van der Waals surface area (Å²) in [7, 11) is 1.60. The molecule has 0 bridgehead atoms. The molecule has 28 heavy (non-hydrogen) atoms. The third kappa shape index (κ3) is 2.59. The zero-order valence-corrected chi connectivity index (χ0v) is 16.0. The van der Waals surface area contributed by atoms with Crippen LogP contribution in [0.3, 0.4) is 0 Å². The largest absolute Gasteiger partial charge is 0.496 e. The van der Waals surface area contributed by atoms with Crippen molar-refractivity contribution in [1.29, 1.82) is 10.5 Å². The van der Waals surface area contributed by atoms with Crippen LogP contribution in [0, 0.1) is 29.6 Å². The van der Waals surface area contributed by atoms with Crippen molar-refractivity contribution in [3.8, 4) is 17.9 Å². The zero-order chi connectivity index (χ0) is 19.8. The van der Waals surface area contributed by atoms with Crippen molar-refractivity contribution in [3.05, 3.63) is 82.1 Å². The third-order valence-corrected chi connectivity index (χ3v) is 5.37. The minimum Gasteiger partial charge on any atom is -0.496 e. The molecule has 1 aliphatic heterocycles. The highest BCUT2D eigenvalue weighted by molar-refractivity contribution is 5.95. The molecule has 1 heterocycles. The van der Waals surface area contributed by atoms with Gasteiger partial charge in [-0.3, -0.25) is 0 Å². The molecule has 3 aromatic rings. The first-order valence-corrected chi connectivity index (χ1v) is 9.07. The standard InChI is InChI=1S/C24H19N3O/c1-14-10-17-6-4-5-7-18(17)23-22(20(13-26)15(2)27-24(14)23)19-9-8-16(12-25)11-21(19)28-3/h4-11,22,27H,1-3H3. The summed E-state index contributed by atoms with van der Waals surface area (Å²) in [6.45, 7) is 4.01. The highest BCUT2D eigenvalue weighted by atomic mass is 16.5. The average molecular weight is 365 g/mol. The number of hydrogen-bond acceptors (Lipinski definition) is 4. The molecule has 0 aliphatic carbocycles. The van der Waals surface area contributed by atoms with E-state index in [2.05, 4.69) is 42.6 Å². The van der Waals surface area contributed by atoms with Crippen molar-refractivity contribution in [2.75, 3.05) is 12.4 Å². The van der Waals surface area contributed by atoms with Gasteiger partial charge in [0.1, 0.15) is 5.75 Å². The minimum atomic E-state index is -0.270. The first-order chi connectivity index (χ1) is 13.6. The number of allylic oxidation sites excluding steroid dienone is 2. The van der Waals surface area contributed by atoms with Gasteiger partial charge in [-0.25, -0.2) is 0 Å². The van der Waals surface area contributed by atoms with Gasteiger partial charge < -0.3 is 10.1 Å². The molecule has 1 aliphatic rings. The number of ether oxygens (including phenoxy) is 1. The molecule has 4 heteroatoms. The van der Waals surface area contributed by atoms with Crippen molar-refractivity contribution in [3.63, 3.8) is 0 Å². The van der Waals surface area contributed by atoms with E-state index < -0.39 is 0 Å². The van der Waals surface area contributed by atoms with Crippen molar-refractivity contribution < 1.29 is 4.74 Å². The van der Waals surface area contributed by atoms with E-state index in [-0.39, 0.29) is 5.92 Å². The number of hydrogen-bond donors (Lipinski definition) is 1. The topological polar surface area (TPSA) is 68.8 Å². The predicted octanol–water partition coefficient (Wildman–Crippen LogP) is 5.38. The predicted molar refractivity (Wildman–Crippen MR) is 110 cm³/mol. The molecule has 1 atom stereocenters. The van der Waals surface area contributed by atoms with Gasteiger partial charge in [-0.05, 0) is 53.9 Å². The van der Waals surface area contributed by atoms with Gasteiger partial charge in [0.2, 0.25) is 0 Å². The minimum absolute atomic E-state index is 0.270. The summed E-state index contributed by atoms with van der Waals surface area (Å²) >= 11 is 0. The molecule has 0 spiro atoms. The second-order valence-corrected chi connectivity index (χ2v) is 6.98. The molecule has 1 unspecified atom stereocenters. The summed E-state index contributed by atoms with van der Waals surface area (Å²) < 4.78 is 5.62. The Labute approximate surface area is 164 Å². The molecule has 0 saturated heterocycles. The Morgan fingerprint density at radius 2 is 1.79 bits per heavy atom. The molecule has 1 N–H and O–H groups in total. The molecule has 4 nitrogen and oxygen atoms in total. The van der Waals surface area contributed by atoms with E-state index in [0.717, 1.165) is 38.8 Å². The number of methoxy groups -OCH3 is 1. The lowest BCUT2D eigenvalue weighted by Crippen LogP contribution is -2.19. The molecule has 4 rings (SSSR count). The number of rotatable bonds is 2. The quantitative estimate of drug-likeness (QED) is 0.661. The number of aryl methyl sites for hydroxylation is 1. The molecular weight excluding hydrogens is 346 g/mol. The summed E-state index contributed by atoms with van der Waals surface area (Å²) in [5, 5.41) is 24.9. The van der Waals surface area contributed by atoms with Gasteiger partial charge in [0.25, 0.3) is 0 Å². The Morgan fingerprint density at radius 3 is 2.50 bits per heavy atom. The van der Waals surface area contributed by atoms with E-state index in [4.69, 9.17) is 4.74 Å². The number of nitrogens with one attached hydrogen (secondary N) is 1. The lowest BCUT2D eigenvalue weighted by molar-refractivity contribution is 0.409. The Bertz CT molecular complexity index is 1230. The van der Waals surface area contributed by atoms with Crippen LogP contribution in [-0.4, -0.2) is 7.11 Å². The SMILES string of the molecule is COc1cc(C#N)ccc1C1C(C#N)=C(C)Nc2c(C)cc3ccccc3c21. The lowest BCUT2D eigenvalue weighted by Gasteiger charge is -2.31. The zero-order valence-electron chi connectivity index (χ0n) is 16.0. The second kappa shape index (κ2) is 6.76. The highest BCUT2D eigenvalue weighted by Gasteiger charge is 2.32. The van der Waals surface area contributed by atoms with Crippen LogP contribution in [-0.2, 0) is 0 Å². The monoisotopic (exact) mass is 365 g/mol. The Hall–Kier alpha value is -3.76. The van der Waals surface area contributed by atoms with Crippen LogP contribution in [0.4, 0.5) is 5.69 Å². The van der Waals surface area contributed by atoms with Crippen LogP contribution < -0.4 is 10.1 Å². The van der Waals surface area contributed by atoms with E-state index >= 15 is 0 Å². The van der Waals surface area contributed by atoms with Crippen LogP contribution in [0.1, 0.15) is 35.1 Å². The van der Waals surface area contributed by atoms with Gasteiger partial charge in [0.05, 0.1) is 36.3 Å². The molecule has 0 amide bonds. The molecule has 0 saturated carbocycles. The van der Waals surface area contributed by atoms with Crippen LogP contribution in [0.5, 0.6) is 5.75 Å². The first kappa shape index (κ1) is 17.6. The van der Waals surface area contributed by atoms with Gasteiger partial charge >= 0.3 is 0 Å². The van der Waals surface area contributed by atoms with Crippen LogP contribution in [0.2, 0.25) is 0 Å². The van der Waals surface area contributed by atoms with Crippen LogP contribution in [0.25, 0.3) is 10.8 Å². The van der Waals surface area contributed by atoms with E-state index in [1.54, 1.807) is 19.2 Å². The number of fused-ring (bicyclic) bond motifs is 3. The number of benzene rings is 3. The Kier molecular flexibility index (Phi) is 4.26. The summed E-state index contributed by atoms with van der Waals surface area (Å²) in [4.78, 5) is 0. The van der Waals surface area contributed by atoms with Crippen molar-refractivity contribution in [2.24, 2.45) is 0 Å². The summed E-state index contributed by atoms with van der Waals surface area (Å²) in [5.41, 5.74) is 6.14. The van der Waals surface area contributed by atoms with Gasteiger partial charge in [-0.2, -0.15) is 10.5 Å². The van der Waals surface area contributed by atoms with Crippen molar-refractivity contribution in [1.82, 2.24) is 0 Å². The van der Waals surface area contributed by atoms with Crippen LogP contribution in [0.15, 0.2) is 59.8 Å². The molecule has 0 radical (unpaired) electrons. The maximum atomic E-state index is 9.98. The fourth-order valence-electron chi connectivity index (χ4n) is 4.08. The molecule has 0 fully saturated rings. The lowest BCUT2D eigenvalue weighted by atomic mass is 9.77.